The molecule has 0 amide bonds. The van der Waals surface area contributed by atoms with Crippen LogP contribution in [0.1, 0.15) is 38.5 Å². The van der Waals surface area contributed by atoms with Gasteiger partial charge in [-0.25, -0.2) is 8.78 Å². The highest BCUT2D eigenvalue weighted by Crippen LogP contribution is 2.57. The van der Waals surface area contributed by atoms with Crippen LogP contribution >= 0.6 is 0 Å². The fraction of sp³-hybridized carbons (Fsp3) is 1.00. The van der Waals surface area contributed by atoms with E-state index in [-0.39, 0.29) is 24.9 Å². The number of hydrogen-bond acceptors (Lipinski definition) is 1. The molecule has 76 valence electrons. The third-order valence-corrected chi connectivity index (χ3v) is 3.79. The lowest BCUT2D eigenvalue weighted by Crippen LogP contribution is -2.30. The molecule has 0 radical (unpaired) electrons. The molecule has 1 nitrogen and oxygen atoms in total. The van der Waals surface area contributed by atoms with Gasteiger partial charge < -0.3 is 5.11 Å². The first kappa shape index (κ1) is 9.38. The van der Waals surface area contributed by atoms with Crippen LogP contribution in [0.25, 0.3) is 0 Å². The molecule has 0 saturated heterocycles. The zero-order chi connectivity index (χ0) is 9.53. The highest BCUT2D eigenvalue weighted by Gasteiger charge is 2.51. The third-order valence-electron chi connectivity index (χ3n) is 3.79. The first-order chi connectivity index (χ1) is 6.08. The van der Waals surface area contributed by atoms with Crippen molar-refractivity contribution in [2.75, 3.05) is 6.61 Å². The predicted molar refractivity (Wildman–Crippen MR) is 45.7 cm³/mol. The van der Waals surface area contributed by atoms with Gasteiger partial charge in [0.05, 0.1) is 0 Å². The fourth-order valence-corrected chi connectivity index (χ4v) is 2.51. The van der Waals surface area contributed by atoms with Crippen LogP contribution in [0.3, 0.4) is 0 Å². The summed E-state index contributed by atoms with van der Waals surface area (Å²) in [5, 5.41) is 9.15. The van der Waals surface area contributed by atoms with E-state index in [1.165, 1.54) is 0 Å². The summed E-state index contributed by atoms with van der Waals surface area (Å²) in [6, 6.07) is 0. The molecule has 2 rings (SSSR count). The SMILES string of the molecule is OCC1(C2CCC(F)(F)CC2)CC1. The van der Waals surface area contributed by atoms with Crippen LogP contribution in [-0.2, 0) is 0 Å². The highest BCUT2D eigenvalue weighted by molar-refractivity contribution is 5.00. The van der Waals surface area contributed by atoms with E-state index >= 15 is 0 Å². The molecule has 0 spiro atoms. The topological polar surface area (TPSA) is 20.2 Å². The second-order valence-electron chi connectivity index (χ2n) is 4.65. The molecule has 3 heteroatoms. The van der Waals surface area contributed by atoms with Crippen LogP contribution in [0.15, 0.2) is 0 Å². The molecule has 1 N–H and O–H groups in total. The van der Waals surface area contributed by atoms with E-state index in [0.29, 0.717) is 18.8 Å². The number of aliphatic hydroxyl groups excluding tert-OH is 1. The van der Waals surface area contributed by atoms with Crippen molar-refractivity contribution in [1.29, 1.82) is 0 Å². The van der Waals surface area contributed by atoms with Gasteiger partial charge in [0.1, 0.15) is 0 Å². The number of halogens is 2. The van der Waals surface area contributed by atoms with E-state index < -0.39 is 5.92 Å². The summed E-state index contributed by atoms with van der Waals surface area (Å²) in [4.78, 5) is 0. The van der Waals surface area contributed by atoms with E-state index in [4.69, 9.17) is 5.11 Å². The first-order valence-corrected chi connectivity index (χ1v) is 5.07. The van der Waals surface area contributed by atoms with Crippen LogP contribution in [0.2, 0.25) is 0 Å². The van der Waals surface area contributed by atoms with Crippen molar-refractivity contribution < 1.29 is 13.9 Å². The monoisotopic (exact) mass is 190 g/mol. The van der Waals surface area contributed by atoms with Crippen molar-refractivity contribution in [3.05, 3.63) is 0 Å². The summed E-state index contributed by atoms with van der Waals surface area (Å²) >= 11 is 0. The van der Waals surface area contributed by atoms with Gasteiger partial charge in [-0.3, -0.25) is 0 Å². The molecule has 0 aliphatic heterocycles. The van der Waals surface area contributed by atoms with Crippen LogP contribution in [-0.4, -0.2) is 17.6 Å². The Morgan fingerprint density at radius 2 is 1.62 bits per heavy atom. The van der Waals surface area contributed by atoms with Gasteiger partial charge in [-0.05, 0) is 37.0 Å². The molecule has 2 saturated carbocycles. The highest BCUT2D eigenvalue weighted by atomic mass is 19.3. The summed E-state index contributed by atoms with van der Waals surface area (Å²) < 4.78 is 25.7. The van der Waals surface area contributed by atoms with Gasteiger partial charge in [0.15, 0.2) is 0 Å². The molecule has 0 heterocycles. The summed E-state index contributed by atoms with van der Waals surface area (Å²) in [6.07, 6.45) is 3.35. The van der Waals surface area contributed by atoms with Gasteiger partial charge in [0, 0.05) is 19.4 Å². The minimum absolute atomic E-state index is 0.0272. The van der Waals surface area contributed by atoms with Crippen LogP contribution in [0, 0.1) is 11.3 Å². The molecule has 0 aromatic rings. The molecular weight excluding hydrogens is 174 g/mol. The zero-order valence-corrected chi connectivity index (χ0v) is 7.73. The second-order valence-corrected chi connectivity index (χ2v) is 4.65. The van der Waals surface area contributed by atoms with Crippen LogP contribution in [0.4, 0.5) is 8.78 Å². The molecule has 2 fully saturated rings. The molecule has 2 aliphatic rings. The van der Waals surface area contributed by atoms with E-state index in [9.17, 15) is 8.78 Å². The normalized spacial score (nSPS) is 31.6. The zero-order valence-electron chi connectivity index (χ0n) is 7.73. The Bertz CT molecular complexity index is 189. The largest absolute Gasteiger partial charge is 0.396 e. The number of alkyl halides is 2. The van der Waals surface area contributed by atoms with E-state index in [1.807, 2.05) is 0 Å². The Kier molecular flexibility index (Phi) is 2.10. The van der Waals surface area contributed by atoms with Crippen molar-refractivity contribution in [2.24, 2.45) is 11.3 Å². The smallest absolute Gasteiger partial charge is 0.248 e. The quantitative estimate of drug-likeness (QED) is 0.709. The maximum absolute atomic E-state index is 12.8. The second kappa shape index (κ2) is 2.91. The lowest BCUT2D eigenvalue weighted by atomic mass is 9.77. The molecule has 2 aliphatic carbocycles. The number of aliphatic hydroxyl groups is 1. The van der Waals surface area contributed by atoms with Crippen molar-refractivity contribution in [3.63, 3.8) is 0 Å². The van der Waals surface area contributed by atoms with Gasteiger partial charge in [-0.2, -0.15) is 0 Å². The van der Waals surface area contributed by atoms with Crippen molar-refractivity contribution in [3.8, 4) is 0 Å². The Balaban J connectivity index is 1.91. The van der Waals surface area contributed by atoms with E-state index in [2.05, 4.69) is 0 Å². The summed E-state index contributed by atoms with van der Waals surface area (Å²) in [6.45, 7) is 0.198. The number of rotatable bonds is 2. The fourth-order valence-electron chi connectivity index (χ4n) is 2.51. The molecule has 0 aromatic carbocycles. The maximum atomic E-state index is 12.8. The molecule has 0 bridgehead atoms. The van der Waals surface area contributed by atoms with Crippen LogP contribution in [0.5, 0.6) is 0 Å². The summed E-state index contributed by atoms with van der Waals surface area (Å²) in [5.41, 5.74) is 0.0521. The summed E-state index contributed by atoms with van der Waals surface area (Å²) in [7, 11) is 0. The summed E-state index contributed by atoms with van der Waals surface area (Å²) in [5.74, 6) is -2.07. The minimum Gasteiger partial charge on any atom is -0.396 e. The van der Waals surface area contributed by atoms with Gasteiger partial charge in [-0.1, -0.05) is 0 Å². The molecule has 0 aromatic heterocycles. The van der Waals surface area contributed by atoms with Crippen molar-refractivity contribution in [2.45, 2.75) is 44.4 Å². The molecule has 0 unspecified atom stereocenters. The molecule has 13 heavy (non-hydrogen) atoms. The predicted octanol–water partition coefficient (Wildman–Crippen LogP) is 2.58. The van der Waals surface area contributed by atoms with E-state index in [0.717, 1.165) is 12.8 Å². The number of hydrogen-bond donors (Lipinski definition) is 1. The van der Waals surface area contributed by atoms with Gasteiger partial charge in [0.25, 0.3) is 0 Å². The molecule has 0 atom stereocenters. The third kappa shape index (κ3) is 1.71. The Hall–Kier alpha value is -0.180. The van der Waals surface area contributed by atoms with Crippen molar-refractivity contribution >= 4 is 0 Å². The van der Waals surface area contributed by atoms with E-state index in [1.54, 1.807) is 0 Å². The van der Waals surface area contributed by atoms with Gasteiger partial charge in [0.2, 0.25) is 5.92 Å². The Labute approximate surface area is 77.1 Å². The Morgan fingerprint density at radius 1 is 1.08 bits per heavy atom. The lowest BCUT2D eigenvalue weighted by molar-refractivity contribution is -0.0580. The van der Waals surface area contributed by atoms with Crippen molar-refractivity contribution in [1.82, 2.24) is 0 Å². The molecular formula is C10H16F2O. The van der Waals surface area contributed by atoms with Gasteiger partial charge >= 0.3 is 0 Å². The maximum Gasteiger partial charge on any atom is 0.248 e. The standard InChI is InChI=1S/C10H16F2O/c11-10(12)3-1-8(2-4-10)9(7-13)5-6-9/h8,13H,1-7H2. The van der Waals surface area contributed by atoms with Crippen LogP contribution < -0.4 is 0 Å². The average molecular weight is 190 g/mol. The first-order valence-electron chi connectivity index (χ1n) is 5.07. The van der Waals surface area contributed by atoms with Gasteiger partial charge in [-0.15, -0.1) is 0 Å². The average Bonchev–Trinajstić information content (AvgIpc) is 2.85. The Morgan fingerprint density at radius 3 is 2.00 bits per heavy atom. The lowest BCUT2D eigenvalue weighted by Gasteiger charge is -2.33. The minimum atomic E-state index is -2.43.